The highest BCUT2D eigenvalue weighted by molar-refractivity contribution is 5.50. The van der Waals surface area contributed by atoms with Crippen molar-refractivity contribution in [1.82, 2.24) is 0 Å². The predicted octanol–water partition coefficient (Wildman–Crippen LogP) is 4.63. The summed E-state index contributed by atoms with van der Waals surface area (Å²) in [6, 6.07) is 0. The highest BCUT2D eigenvalue weighted by Crippen LogP contribution is 2.59. The van der Waals surface area contributed by atoms with Crippen molar-refractivity contribution in [2.24, 2.45) is 10.8 Å². The Morgan fingerprint density at radius 1 is 0.611 bits per heavy atom. The fourth-order valence-electron chi connectivity index (χ4n) is 2.62. The minimum atomic E-state index is 0.127. The van der Waals surface area contributed by atoms with Crippen molar-refractivity contribution in [2.75, 3.05) is 0 Å². The van der Waals surface area contributed by atoms with Gasteiger partial charge in [-0.3, -0.25) is 0 Å². The fourth-order valence-corrected chi connectivity index (χ4v) is 2.62. The van der Waals surface area contributed by atoms with Crippen LogP contribution in [0.15, 0.2) is 0 Å². The molecule has 2 rings (SSSR count). The van der Waals surface area contributed by atoms with E-state index in [1.165, 1.54) is 23.7 Å². The second kappa shape index (κ2) is 4.84. The summed E-state index contributed by atoms with van der Waals surface area (Å²) in [6.45, 7) is 13.7. The largest absolute Gasteiger partial charge is 0.0588 e. The van der Waals surface area contributed by atoms with Crippen molar-refractivity contribution in [3.8, 4) is 0 Å². The van der Waals surface area contributed by atoms with Crippen molar-refractivity contribution in [2.45, 2.75) is 41.5 Å². The van der Waals surface area contributed by atoms with Crippen molar-refractivity contribution in [1.29, 1.82) is 0 Å². The van der Waals surface area contributed by atoms with E-state index in [4.69, 9.17) is 0 Å². The molecule has 2 saturated carbocycles. The Balaban J connectivity index is 2.12. The first-order valence-electron chi connectivity index (χ1n) is 6.73. The second-order valence-corrected chi connectivity index (χ2v) is 6.60. The quantitative estimate of drug-likeness (QED) is 0.674. The maximum Gasteiger partial charge on any atom is -0.0102 e. The van der Waals surface area contributed by atoms with Gasteiger partial charge in [-0.15, -0.1) is 0 Å². The Labute approximate surface area is 115 Å². The first-order valence-corrected chi connectivity index (χ1v) is 6.73. The molecule has 0 nitrogen and oxygen atoms in total. The van der Waals surface area contributed by atoms with Crippen LogP contribution < -0.4 is 0 Å². The Bertz CT molecular complexity index is 256. The maximum absolute atomic E-state index is 2.35. The molecule has 0 aliphatic heterocycles. The van der Waals surface area contributed by atoms with Gasteiger partial charge in [0, 0.05) is 0 Å². The Hall–Kier alpha value is 0. The zero-order chi connectivity index (χ0) is 13.6. The summed E-state index contributed by atoms with van der Waals surface area (Å²) in [6.07, 6.45) is 13.6. The number of hydrogen-bond donors (Lipinski definition) is 0. The molecular weight excluding hydrogens is 216 g/mol. The topological polar surface area (TPSA) is 0 Å². The van der Waals surface area contributed by atoms with Gasteiger partial charge in [-0.05, 0) is 73.0 Å². The lowest BCUT2D eigenvalue weighted by Gasteiger charge is -2.49. The molecule has 0 N–H and O–H groups in total. The smallest absolute Gasteiger partial charge is 0.0102 e. The molecule has 2 aliphatic rings. The second-order valence-electron chi connectivity index (χ2n) is 6.60. The van der Waals surface area contributed by atoms with Gasteiger partial charge in [-0.2, -0.15) is 0 Å². The SMILES string of the molecule is C[C]1[CH][CH][C](C(C)(C)C(C)(C)[C]2[CH][CH][C](C)[CH]2)[CH]1. The van der Waals surface area contributed by atoms with Crippen LogP contribution in [0.1, 0.15) is 41.5 Å². The molecule has 0 bridgehead atoms. The molecule has 0 saturated heterocycles. The molecular formula is C18H24. The van der Waals surface area contributed by atoms with Gasteiger partial charge >= 0.3 is 0 Å². The van der Waals surface area contributed by atoms with Crippen molar-refractivity contribution >= 4 is 0 Å². The normalized spacial score (nSPS) is 26.3. The van der Waals surface area contributed by atoms with E-state index in [-0.39, 0.29) is 10.8 Å². The Morgan fingerprint density at radius 3 is 1.17 bits per heavy atom. The van der Waals surface area contributed by atoms with Crippen LogP contribution >= 0.6 is 0 Å². The van der Waals surface area contributed by atoms with E-state index >= 15 is 0 Å². The lowest BCUT2D eigenvalue weighted by molar-refractivity contribution is 0.160. The molecule has 10 radical (unpaired) electrons. The van der Waals surface area contributed by atoms with Crippen LogP contribution in [0.2, 0.25) is 0 Å². The Kier molecular flexibility index (Phi) is 3.87. The van der Waals surface area contributed by atoms with Gasteiger partial charge in [0.05, 0.1) is 0 Å². The van der Waals surface area contributed by atoms with Gasteiger partial charge in [0.1, 0.15) is 0 Å². The molecule has 0 spiro atoms. The van der Waals surface area contributed by atoms with Crippen molar-refractivity contribution in [3.63, 3.8) is 0 Å². The van der Waals surface area contributed by atoms with E-state index in [1.807, 2.05) is 0 Å². The zero-order valence-electron chi connectivity index (χ0n) is 12.5. The van der Waals surface area contributed by atoms with Gasteiger partial charge < -0.3 is 0 Å². The number of rotatable bonds is 3. The van der Waals surface area contributed by atoms with E-state index in [1.54, 1.807) is 0 Å². The minimum absolute atomic E-state index is 0.127. The van der Waals surface area contributed by atoms with Crippen LogP contribution in [-0.4, -0.2) is 0 Å². The zero-order valence-corrected chi connectivity index (χ0v) is 12.5. The molecule has 2 fully saturated rings. The summed E-state index contributed by atoms with van der Waals surface area (Å²) in [4.78, 5) is 0. The standard InChI is InChI=1S/C18H24/c1-13-7-9-15(11-13)17(3,4)18(5,6)16-10-8-14(2)12-16/h7-12H,1-6H3. The molecule has 0 heterocycles. The first-order chi connectivity index (χ1) is 8.25. The predicted molar refractivity (Wildman–Crippen MR) is 77.7 cm³/mol. The summed E-state index contributed by atoms with van der Waals surface area (Å²) < 4.78 is 0. The summed E-state index contributed by atoms with van der Waals surface area (Å²) in [5, 5.41) is 0. The Morgan fingerprint density at radius 2 is 0.944 bits per heavy atom. The van der Waals surface area contributed by atoms with Crippen LogP contribution in [-0.2, 0) is 0 Å². The van der Waals surface area contributed by atoms with Crippen LogP contribution in [0, 0.1) is 73.0 Å². The van der Waals surface area contributed by atoms with Crippen molar-refractivity contribution in [3.05, 3.63) is 62.2 Å². The van der Waals surface area contributed by atoms with E-state index in [0.29, 0.717) is 0 Å². The van der Waals surface area contributed by atoms with E-state index < -0.39 is 0 Å². The lowest BCUT2D eigenvalue weighted by Crippen LogP contribution is -2.41. The summed E-state index contributed by atoms with van der Waals surface area (Å²) >= 11 is 0. The molecule has 0 atom stereocenters. The minimum Gasteiger partial charge on any atom is -0.0588 e. The average molecular weight is 240 g/mol. The average Bonchev–Trinajstić information content (AvgIpc) is 2.87. The van der Waals surface area contributed by atoms with Gasteiger partial charge in [0.2, 0.25) is 0 Å². The van der Waals surface area contributed by atoms with Crippen LogP contribution in [0.3, 0.4) is 0 Å². The molecule has 0 unspecified atom stereocenters. The summed E-state index contributed by atoms with van der Waals surface area (Å²) in [5.74, 6) is 5.58. The molecule has 0 heteroatoms. The molecule has 2 aliphatic carbocycles. The van der Waals surface area contributed by atoms with E-state index in [2.05, 4.69) is 80.1 Å². The summed E-state index contributed by atoms with van der Waals surface area (Å²) in [5.41, 5.74) is 0.254. The lowest BCUT2D eigenvalue weighted by atomic mass is 9.55. The fraction of sp³-hybridized carbons (Fsp3) is 0.444. The maximum atomic E-state index is 2.35. The highest BCUT2D eigenvalue weighted by Gasteiger charge is 2.50. The van der Waals surface area contributed by atoms with E-state index in [0.717, 1.165) is 0 Å². The van der Waals surface area contributed by atoms with Gasteiger partial charge in [-0.1, -0.05) is 41.5 Å². The highest BCUT2D eigenvalue weighted by atomic mass is 14.5. The third-order valence-electron chi connectivity index (χ3n) is 4.82. The monoisotopic (exact) mass is 240 g/mol. The van der Waals surface area contributed by atoms with Crippen LogP contribution in [0.25, 0.3) is 0 Å². The van der Waals surface area contributed by atoms with Gasteiger partial charge in [0.15, 0.2) is 0 Å². The van der Waals surface area contributed by atoms with Crippen LogP contribution in [0.4, 0.5) is 0 Å². The third-order valence-corrected chi connectivity index (χ3v) is 4.82. The number of hydrogen-bond acceptors (Lipinski definition) is 0. The molecule has 96 valence electrons. The first kappa shape index (κ1) is 14.4. The van der Waals surface area contributed by atoms with Crippen molar-refractivity contribution < 1.29 is 0 Å². The molecule has 0 aromatic heterocycles. The third kappa shape index (κ3) is 2.37. The molecule has 18 heavy (non-hydrogen) atoms. The van der Waals surface area contributed by atoms with E-state index in [9.17, 15) is 0 Å². The molecule has 0 aromatic carbocycles. The summed E-state index contributed by atoms with van der Waals surface area (Å²) in [7, 11) is 0. The van der Waals surface area contributed by atoms with Crippen LogP contribution in [0.5, 0.6) is 0 Å². The van der Waals surface area contributed by atoms with Gasteiger partial charge in [0.25, 0.3) is 0 Å². The van der Waals surface area contributed by atoms with Gasteiger partial charge in [-0.25, -0.2) is 0 Å². The molecule has 0 amide bonds. The molecule has 0 aromatic rings.